The molecule has 3 aliphatic heterocycles. The maximum absolute atomic E-state index is 12.1. The number of hydrogen-bond acceptors (Lipinski definition) is 5. The van der Waals surface area contributed by atoms with E-state index in [9.17, 15) is 19.8 Å². The molecule has 21 heavy (non-hydrogen) atoms. The maximum atomic E-state index is 12.1. The first-order valence-electron chi connectivity index (χ1n) is 7.03. The van der Waals surface area contributed by atoms with Crippen LogP contribution in [0.3, 0.4) is 0 Å². The number of amides is 1. The van der Waals surface area contributed by atoms with Crippen LogP contribution in [0.25, 0.3) is 0 Å². The molecule has 0 spiro atoms. The quantitative estimate of drug-likeness (QED) is 0.424. The predicted molar refractivity (Wildman–Crippen MR) is 66.0 cm³/mol. The van der Waals surface area contributed by atoms with Gasteiger partial charge in [-0.25, -0.2) is 0 Å². The van der Waals surface area contributed by atoms with E-state index in [4.69, 9.17) is 4.74 Å². The van der Waals surface area contributed by atoms with E-state index >= 15 is 0 Å². The van der Waals surface area contributed by atoms with Gasteiger partial charge in [0.2, 0.25) is 5.91 Å². The molecule has 110 valence electrons. The first kappa shape index (κ1) is 17.0. The summed E-state index contributed by atoms with van der Waals surface area (Å²) >= 11 is 0. The number of rotatable bonds is 3. The van der Waals surface area contributed by atoms with Gasteiger partial charge in [-0.2, -0.15) is 0 Å². The number of β-lactam (4-membered cyclic amide) rings is 1. The molecule has 7 heteroatoms. The molecule has 0 aromatic heterocycles. The van der Waals surface area contributed by atoms with Gasteiger partial charge in [-0.05, 0) is 25.3 Å². The Labute approximate surface area is 145 Å². The Bertz CT molecular complexity index is 498. The average Bonchev–Trinajstić information content (AvgIpc) is 2.93. The molecule has 0 aromatic carbocycles. The normalized spacial score (nSPS) is 36.1. The average molecular weight is 303 g/mol. The summed E-state index contributed by atoms with van der Waals surface area (Å²) in [5.41, 5.74) is 0.625. The molecule has 0 bridgehead atoms. The van der Waals surface area contributed by atoms with Crippen LogP contribution in [-0.2, 0) is 14.3 Å². The van der Waals surface area contributed by atoms with Crippen molar-refractivity contribution in [3.8, 4) is 0 Å². The predicted octanol–water partition coefficient (Wildman–Crippen LogP) is -3.97. The van der Waals surface area contributed by atoms with Crippen LogP contribution in [-0.4, -0.2) is 46.7 Å². The number of carbonyl (C=O) groups excluding carboxylic acids is 2. The minimum atomic E-state index is -1.33. The molecular formula is C14H18NNaO5. The van der Waals surface area contributed by atoms with Crippen molar-refractivity contribution in [1.29, 1.82) is 0 Å². The minimum Gasteiger partial charge on any atom is -0.543 e. The zero-order valence-electron chi connectivity index (χ0n) is 12.5. The van der Waals surface area contributed by atoms with Gasteiger partial charge in [0.25, 0.3) is 0 Å². The van der Waals surface area contributed by atoms with Gasteiger partial charge in [0.15, 0.2) is 0 Å². The molecule has 3 rings (SSSR count). The van der Waals surface area contributed by atoms with E-state index in [0.29, 0.717) is 12.2 Å². The van der Waals surface area contributed by atoms with Crippen molar-refractivity contribution in [3.63, 3.8) is 0 Å². The van der Waals surface area contributed by atoms with E-state index in [1.165, 1.54) is 4.90 Å². The summed E-state index contributed by atoms with van der Waals surface area (Å²) in [6.45, 7) is 4.07. The fourth-order valence-electron chi connectivity index (χ4n) is 3.84. The SMILES string of the molecule is C[C@@H](O)[C@H]1C(=O)N2C(C(=O)[O-])=C([C@H]3CCCO3)[C@H](C)[C@H]12.[Na+]. The van der Waals surface area contributed by atoms with Gasteiger partial charge < -0.3 is 24.6 Å². The molecule has 0 unspecified atom stereocenters. The van der Waals surface area contributed by atoms with E-state index in [-0.39, 0.29) is 59.2 Å². The van der Waals surface area contributed by atoms with Crippen molar-refractivity contribution < 1.29 is 54.1 Å². The molecule has 6 nitrogen and oxygen atoms in total. The molecule has 0 aromatic rings. The van der Waals surface area contributed by atoms with Crippen LogP contribution < -0.4 is 34.7 Å². The van der Waals surface area contributed by atoms with Crippen molar-refractivity contribution >= 4 is 11.9 Å². The van der Waals surface area contributed by atoms with Gasteiger partial charge >= 0.3 is 29.6 Å². The third kappa shape index (κ3) is 2.37. The van der Waals surface area contributed by atoms with E-state index in [1.54, 1.807) is 6.92 Å². The zero-order chi connectivity index (χ0) is 14.6. The van der Waals surface area contributed by atoms with E-state index in [1.807, 2.05) is 6.92 Å². The number of carboxylic acid groups (broad SMARTS) is 1. The first-order valence-corrected chi connectivity index (χ1v) is 7.03. The third-order valence-corrected chi connectivity index (χ3v) is 4.70. The maximum Gasteiger partial charge on any atom is 1.00 e. The summed E-state index contributed by atoms with van der Waals surface area (Å²) in [5.74, 6) is -2.31. The molecule has 5 atom stereocenters. The molecule has 0 saturated carbocycles. The fraction of sp³-hybridized carbons (Fsp3) is 0.714. The van der Waals surface area contributed by atoms with E-state index in [2.05, 4.69) is 0 Å². The Hall–Kier alpha value is -0.400. The van der Waals surface area contributed by atoms with Crippen LogP contribution >= 0.6 is 0 Å². The summed E-state index contributed by atoms with van der Waals surface area (Å²) in [4.78, 5) is 24.8. The Morgan fingerprint density at radius 1 is 1.52 bits per heavy atom. The number of ether oxygens (including phenoxy) is 1. The number of nitrogens with zero attached hydrogens (tertiary/aromatic N) is 1. The fourth-order valence-corrected chi connectivity index (χ4v) is 3.84. The molecule has 3 heterocycles. The van der Waals surface area contributed by atoms with Gasteiger partial charge in [-0.15, -0.1) is 0 Å². The van der Waals surface area contributed by atoms with Crippen molar-refractivity contribution in [2.24, 2.45) is 11.8 Å². The molecule has 1 amide bonds. The standard InChI is InChI=1S/C14H19NO5.Na/c1-6-9(8-4-3-5-20-8)12(14(18)19)15-11(6)10(7(2)16)13(15)17;/h6-8,10-11,16H,3-5H2,1-2H3,(H,18,19);/q;+1/p-1/t6-,7+,8+,10+,11+;/m0./s1. The van der Waals surface area contributed by atoms with Crippen LogP contribution in [0.2, 0.25) is 0 Å². The van der Waals surface area contributed by atoms with Crippen LogP contribution in [0, 0.1) is 11.8 Å². The molecular weight excluding hydrogens is 285 g/mol. The largest absolute Gasteiger partial charge is 1.00 e. The number of aliphatic carboxylic acids is 1. The van der Waals surface area contributed by atoms with Crippen LogP contribution in [0.5, 0.6) is 0 Å². The van der Waals surface area contributed by atoms with Crippen LogP contribution in [0.15, 0.2) is 11.3 Å². The van der Waals surface area contributed by atoms with Gasteiger partial charge in [-0.3, -0.25) is 4.79 Å². The second-order valence-corrected chi connectivity index (χ2v) is 5.85. The number of carboxylic acids is 1. The molecule has 3 aliphatic rings. The van der Waals surface area contributed by atoms with E-state index in [0.717, 1.165) is 12.8 Å². The summed E-state index contributed by atoms with van der Waals surface area (Å²) in [6.07, 6.45) is 0.633. The van der Waals surface area contributed by atoms with Gasteiger partial charge in [0.05, 0.1) is 35.8 Å². The second kappa shape index (κ2) is 6.01. The molecule has 0 radical (unpaired) electrons. The Morgan fingerprint density at radius 3 is 2.67 bits per heavy atom. The van der Waals surface area contributed by atoms with Gasteiger partial charge in [-0.1, -0.05) is 6.92 Å². The zero-order valence-corrected chi connectivity index (χ0v) is 14.5. The van der Waals surface area contributed by atoms with Crippen LogP contribution in [0.4, 0.5) is 0 Å². The summed E-state index contributed by atoms with van der Waals surface area (Å²) in [5, 5.41) is 21.2. The van der Waals surface area contributed by atoms with Crippen molar-refractivity contribution in [2.75, 3.05) is 6.61 Å². The second-order valence-electron chi connectivity index (χ2n) is 5.85. The summed E-state index contributed by atoms with van der Waals surface area (Å²) in [6, 6.07) is -0.283. The number of hydrogen-bond donors (Lipinski definition) is 1. The van der Waals surface area contributed by atoms with Gasteiger partial charge in [0, 0.05) is 12.5 Å². The Morgan fingerprint density at radius 2 is 2.19 bits per heavy atom. The third-order valence-electron chi connectivity index (χ3n) is 4.70. The molecule has 2 saturated heterocycles. The summed E-state index contributed by atoms with van der Waals surface area (Å²) < 4.78 is 5.59. The van der Waals surface area contributed by atoms with Gasteiger partial charge in [0.1, 0.15) is 0 Å². The Balaban J connectivity index is 0.00000161. The first-order chi connectivity index (χ1) is 9.45. The number of fused-ring (bicyclic) bond motifs is 1. The van der Waals surface area contributed by atoms with Crippen molar-refractivity contribution in [3.05, 3.63) is 11.3 Å². The minimum absolute atomic E-state index is 0. The van der Waals surface area contributed by atoms with Crippen molar-refractivity contribution in [1.82, 2.24) is 4.90 Å². The van der Waals surface area contributed by atoms with E-state index < -0.39 is 18.0 Å². The monoisotopic (exact) mass is 303 g/mol. The molecule has 2 fully saturated rings. The van der Waals surface area contributed by atoms with Crippen molar-refractivity contribution in [2.45, 2.75) is 44.9 Å². The Kier molecular flexibility index (Phi) is 4.85. The molecule has 0 aliphatic carbocycles. The molecule has 1 N–H and O–H groups in total. The number of aliphatic hydroxyl groups excluding tert-OH is 1. The summed E-state index contributed by atoms with van der Waals surface area (Å²) in [7, 11) is 0. The number of aliphatic hydroxyl groups is 1. The smallest absolute Gasteiger partial charge is 0.543 e. The van der Waals surface area contributed by atoms with Crippen LogP contribution in [0.1, 0.15) is 26.7 Å². The number of carbonyl (C=O) groups is 2. The topological polar surface area (TPSA) is 89.9 Å².